The molecule has 1 N–H and O–H groups in total. The second kappa shape index (κ2) is 7.95. The number of nitrogens with zero attached hydrogens (tertiary/aromatic N) is 4. The number of aromatic nitrogens is 2. The van der Waals surface area contributed by atoms with Gasteiger partial charge < -0.3 is 15.1 Å². The Kier molecular flexibility index (Phi) is 5.20. The number of nitrogens with one attached hydrogen (secondary N) is 1. The molecule has 1 saturated heterocycles. The minimum atomic E-state index is -0.0667. The van der Waals surface area contributed by atoms with Crippen LogP contribution in [0.5, 0.6) is 0 Å². The van der Waals surface area contributed by atoms with Crippen molar-refractivity contribution in [1.82, 2.24) is 24.7 Å². The molecule has 29 heavy (non-hydrogen) atoms. The molecule has 0 aliphatic carbocycles. The SMILES string of the molecule is CCNC(=O)N1CCN(C(=O)c2ccc3c(c2)nc(C)n3-c2ccccc2)CC1. The molecule has 150 valence electrons. The highest BCUT2D eigenvalue weighted by molar-refractivity contribution is 5.97. The van der Waals surface area contributed by atoms with Crippen LogP contribution >= 0.6 is 0 Å². The molecule has 7 heteroatoms. The topological polar surface area (TPSA) is 70.5 Å². The van der Waals surface area contributed by atoms with E-state index in [1.165, 1.54) is 0 Å². The van der Waals surface area contributed by atoms with Crippen molar-refractivity contribution in [2.75, 3.05) is 32.7 Å². The molecule has 2 heterocycles. The number of rotatable bonds is 3. The van der Waals surface area contributed by atoms with Gasteiger partial charge in [0, 0.05) is 44.0 Å². The number of imidazole rings is 1. The summed E-state index contributed by atoms with van der Waals surface area (Å²) in [5, 5.41) is 2.81. The molecule has 0 unspecified atom stereocenters. The first-order valence-corrected chi connectivity index (χ1v) is 9.95. The van der Waals surface area contributed by atoms with Crippen LogP contribution in [-0.4, -0.2) is 64.0 Å². The van der Waals surface area contributed by atoms with Gasteiger partial charge in [-0.2, -0.15) is 0 Å². The first-order chi connectivity index (χ1) is 14.1. The normalized spacial score (nSPS) is 14.3. The summed E-state index contributed by atoms with van der Waals surface area (Å²) in [5.41, 5.74) is 3.46. The van der Waals surface area contributed by atoms with Gasteiger partial charge in [-0.3, -0.25) is 9.36 Å². The molecule has 0 atom stereocenters. The van der Waals surface area contributed by atoms with Gasteiger partial charge in [-0.05, 0) is 44.2 Å². The van der Waals surface area contributed by atoms with Gasteiger partial charge in [0.15, 0.2) is 0 Å². The number of fused-ring (bicyclic) bond motifs is 1. The monoisotopic (exact) mass is 391 g/mol. The molecule has 0 bridgehead atoms. The lowest BCUT2D eigenvalue weighted by molar-refractivity contribution is 0.0665. The van der Waals surface area contributed by atoms with Gasteiger partial charge in [-0.15, -0.1) is 0 Å². The summed E-state index contributed by atoms with van der Waals surface area (Å²) < 4.78 is 2.09. The number of hydrogen-bond acceptors (Lipinski definition) is 3. The summed E-state index contributed by atoms with van der Waals surface area (Å²) >= 11 is 0. The van der Waals surface area contributed by atoms with Crippen LogP contribution in [0.25, 0.3) is 16.7 Å². The Morgan fingerprint density at radius 2 is 1.69 bits per heavy atom. The Labute approximate surface area is 169 Å². The lowest BCUT2D eigenvalue weighted by Crippen LogP contribution is -2.53. The first kappa shape index (κ1) is 19.0. The lowest BCUT2D eigenvalue weighted by Gasteiger charge is -2.34. The third kappa shape index (κ3) is 3.68. The molecule has 3 amide bonds. The maximum atomic E-state index is 13.0. The standard InChI is InChI=1S/C22H25N5O2/c1-3-23-22(29)26-13-11-25(12-14-26)21(28)17-9-10-20-19(15-17)24-16(2)27(20)18-7-5-4-6-8-18/h4-10,15H,3,11-14H2,1-2H3,(H,23,29). The molecule has 7 nitrogen and oxygen atoms in total. The molecule has 1 fully saturated rings. The van der Waals surface area contributed by atoms with Gasteiger partial charge in [0.25, 0.3) is 5.91 Å². The van der Waals surface area contributed by atoms with E-state index < -0.39 is 0 Å². The van der Waals surface area contributed by atoms with Crippen molar-refractivity contribution in [1.29, 1.82) is 0 Å². The molecule has 1 aromatic heterocycles. The molecule has 3 aromatic rings. The fourth-order valence-electron chi connectivity index (χ4n) is 3.79. The number of aryl methyl sites for hydroxylation is 1. The van der Waals surface area contributed by atoms with Crippen molar-refractivity contribution in [3.05, 3.63) is 59.9 Å². The molecule has 0 spiro atoms. The van der Waals surface area contributed by atoms with Crippen LogP contribution in [0, 0.1) is 6.92 Å². The maximum absolute atomic E-state index is 13.0. The predicted octanol–water partition coefficient (Wildman–Crippen LogP) is 2.82. The average molecular weight is 391 g/mol. The molecular weight excluding hydrogens is 366 g/mol. The van der Waals surface area contributed by atoms with E-state index >= 15 is 0 Å². The number of carbonyl (C=O) groups excluding carboxylic acids is 2. The van der Waals surface area contributed by atoms with Gasteiger partial charge in [0.2, 0.25) is 0 Å². The Bertz CT molecular complexity index is 1040. The summed E-state index contributed by atoms with van der Waals surface area (Å²) in [6, 6.07) is 15.7. The average Bonchev–Trinajstić information content (AvgIpc) is 3.09. The highest BCUT2D eigenvalue weighted by Crippen LogP contribution is 2.23. The fourth-order valence-corrected chi connectivity index (χ4v) is 3.79. The quantitative estimate of drug-likeness (QED) is 0.746. The predicted molar refractivity (Wildman–Crippen MR) is 112 cm³/mol. The first-order valence-electron chi connectivity index (χ1n) is 9.95. The van der Waals surface area contributed by atoms with Gasteiger partial charge in [0.05, 0.1) is 11.0 Å². The number of carbonyl (C=O) groups is 2. The van der Waals surface area contributed by atoms with Crippen molar-refractivity contribution in [2.45, 2.75) is 13.8 Å². The Hall–Kier alpha value is -3.35. The summed E-state index contributed by atoms with van der Waals surface area (Å²) in [5.74, 6) is 0.862. The summed E-state index contributed by atoms with van der Waals surface area (Å²) in [4.78, 5) is 33.1. The van der Waals surface area contributed by atoms with Crippen LogP contribution in [0.2, 0.25) is 0 Å². The Balaban J connectivity index is 1.53. The highest BCUT2D eigenvalue weighted by atomic mass is 16.2. The zero-order valence-corrected chi connectivity index (χ0v) is 16.8. The molecular formula is C22H25N5O2. The summed E-state index contributed by atoms with van der Waals surface area (Å²) in [7, 11) is 0. The molecule has 4 rings (SSSR count). The summed E-state index contributed by atoms with van der Waals surface area (Å²) in [6.45, 7) is 6.62. The third-order valence-corrected chi connectivity index (χ3v) is 5.27. The van der Waals surface area contributed by atoms with Crippen molar-refractivity contribution in [2.24, 2.45) is 0 Å². The van der Waals surface area contributed by atoms with Crippen LogP contribution in [-0.2, 0) is 0 Å². The van der Waals surface area contributed by atoms with E-state index in [4.69, 9.17) is 0 Å². The van der Waals surface area contributed by atoms with Crippen LogP contribution in [0.4, 0.5) is 4.79 Å². The summed E-state index contributed by atoms with van der Waals surface area (Å²) in [6.07, 6.45) is 0. The van der Waals surface area contributed by atoms with Crippen molar-refractivity contribution < 1.29 is 9.59 Å². The minimum Gasteiger partial charge on any atom is -0.338 e. The fraction of sp³-hybridized carbons (Fsp3) is 0.318. The number of hydrogen-bond donors (Lipinski definition) is 1. The second-order valence-corrected chi connectivity index (χ2v) is 7.15. The zero-order chi connectivity index (χ0) is 20.4. The van der Waals surface area contributed by atoms with E-state index in [0.717, 1.165) is 22.5 Å². The molecule has 0 radical (unpaired) electrons. The number of piperazine rings is 1. The smallest absolute Gasteiger partial charge is 0.317 e. The van der Waals surface area contributed by atoms with Crippen molar-refractivity contribution in [3.8, 4) is 5.69 Å². The van der Waals surface area contributed by atoms with E-state index in [9.17, 15) is 9.59 Å². The zero-order valence-electron chi connectivity index (χ0n) is 16.8. The molecule has 1 aliphatic heterocycles. The maximum Gasteiger partial charge on any atom is 0.317 e. The van der Waals surface area contributed by atoms with E-state index in [0.29, 0.717) is 38.3 Å². The van der Waals surface area contributed by atoms with Crippen LogP contribution in [0.15, 0.2) is 48.5 Å². The Morgan fingerprint density at radius 1 is 1.00 bits per heavy atom. The minimum absolute atomic E-state index is 0.0191. The van der Waals surface area contributed by atoms with Crippen molar-refractivity contribution >= 4 is 23.0 Å². The van der Waals surface area contributed by atoms with E-state index in [-0.39, 0.29) is 11.9 Å². The van der Waals surface area contributed by atoms with E-state index in [2.05, 4.69) is 14.9 Å². The van der Waals surface area contributed by atoms with Gasteiger partial charge >= 0.3 is 6.03 Å². The number of benzene rings is 2. The van der Waals surface area contributed by atoms with E-state index in [1.54, 1.807) is 9.80 Å². The highest BCUT2D eigenvalue weighted by Gasteiger charge is 2.25. The van der Waals surface area contributed by atoms with Crippen LogP contribution in [0.1, 0.15) is 23.1 Å². The lowest BCUT2D eigenvalue weighted by atomic mass is 10.1. The Morgan fingerprint density at radius 3 is 2.38 bits per heavy atom. The molecule has 1 aliphatic rings. The van der Waals surface area contributed by atoms with Gasteiger partial charge in [-0.1, -0.05) is 18.2 Å². The number of amides is 3. The number of para-hydroxylation sites is 1. The third-order valence-electron chi connectivity index (χ3n) is 5.27. The van der Waals surface area contributed by atoms with Crippen molar-refractivity contribution in [3.63, 3.8) is 0 Å². The van der Waals surface area contributed by atoms with Crippen LogP contribution in [0.3, 0.4) is 0 Å². The molecule has 2 aromatic carbocycles. The molecule has 0 saturated carbocycles. The largest absolute Gasteiger partial charge is 0.338 e. The van der Waals surface area contributed by atoms with Gasteiger partial charge in [-0.25, -0.2) is 9.78 Å². The van der Waals surface area contributed by atoms with E-state index in [1.807, 2.05) is 62.4 Å². The van der Waals surface area contributed by atoms with Gasteiger partial charge in [0.1, 0.15) is 5.82 Å². The van der Waals surface area contributed by atoms with Crippen LogP contribution < -0.4 is 5.32 Å². The number of urea groups is 1. The second-order valence-electron chi connectivity index (χ2n) is 7.15.